The fourth-order valence-corrected chi connectivity index (χ4v) is 10.6. The van der Waals surface area contributed by atoms with Gasteiger partial charge >= 0.3 is 12.1 Å². The van der Waals surface area contributed by atoms with Gasteiger partial charge in [0.05, 0.1) is 84.5 Å². The van der Waals surface area contributed by atoms with E-state index in [-0.39, 0.29) is 62.9 Å². The van der Waals surface area contributed by atoms with Gasteiger partial charge in [-0.05, 0) is 64.4 Å². The summed E-state index contributed by atoms with van der Waals surface area (Å²) in [6, 6.07) is 2.10. The van der Waals surface area contributed by atoms with Gasteiger partial charge in [0.15, 0.2) is 0 Å². The first-order chi connectivity index (χ1) is 26.3. The van der Waals surface area contributed by atoms with Gasteiger partial charge in [0.1, 0.15) is 11.2 Å². The van der Waals surface area contributed by atoms with E-state index in [0.717, 1.165) is 43.2 Å². The van der Waals surface area contributed by atoms with Crippen molar-refractivity contribution in [3.8, 4) is 0 Å². The molecule has 1 aromatic carbocycles. The number of nitrogens with zero attached hydrogens (tertiary/aromatic N) is 3. The maximum atomic E-state index is 14.9. The van der Waals surface area contributed by atoms with E-state index in [4.69, 9.17) is 18.9 Å². The number of hydrogen-bond acceptors (Lipinski definition) is 10. The number of benzene rings is 1. The number of ether oxygens (including phenoxy) is 4. The van der Waals surface area contributed by atoms with Crippen molar-refractivity contribution in [2.75, 3.05) is 58.0 Å². The molecule has 2 aromatic rings. The number of hydrogen-bond donors (Lipinski definition) is 1. The summed E-state index contributed by atoms with van der Waals surface area (Å²) >= 11 is 1.34. The first-order valence-corrected chi connectivity index (χ1v) is 20.5. The smallest absolute Gasteiger partial charge is 0.403 e. The largest absolute Gasteiger partial charge is 0.469 e. The Bertz CT molecular complexity index is 1760. The molecule has 11 nitrogen and oxygen atoms in total. The Morgan fingerprint density at radius 2 is 1.82 bits per heavy atom. The number of carbonyl (C=O) groups excluding carboxylic acids is 3. The minimum absolute atomic E-state index is 0.0288. The lowest BCUT2D eigenvalue weighted by atomic mass is 9.70. The van der Waals surface area contributed by atoms with E-state index >= 15 is 0 Å². The maximum absolute atomic E-state index is 14.9. The lowest BCUT2D eigenvalue weighted by Gasteiger charge is -2.51. The summed E-state index contributed by atoms with van der Waals surface area (Å²) in [5.41, 5.74) is -0.694. The second-order valence-electron chi connectivity index (χ2n) is 17.1. The van der Waals surface area contributed by atoms with Crippen molar-refractivity contribution in [2.45, 2.75) is 102 Å². The number of nitrogens with one attached hydrogen (secondary N) is 1. The molecule has 3 saturated carbocycles. The molecule has 302 valence electrons. The van der Waals surface area contributed by atoms with Crippen molar-refractivity contribution in [3.63, 3.8) is 0 Å². The maximum Gasteiger partial charge on any atom is 0.403 e. The van der Waals surface area contributed by atoms with Gasteiger partial charge in [-0.15, -0.1) is 11.3 Å². The molecule has 1 spiro atoms. The zero-order valence-electron chi connectivity index (χ0n) is 31.3. The Balaban J connectivity index is 1.04. The van der Waals surface area contributed by atoms with Crippen LogP contribution in [0.25, 0.3) is 10.2 Å². The molecule has 5 atom stereocenters. The number of likely N-dealkylation sites (tertiary alicyclic amines) is 1. The van der Waals surface area contributed by atoms with Crippen molar-refractivity contribution >= 4 is 45.0 Å². The second kappa shape index (κ2) is 14.7. The van der Waals surface area contributed by atoms with Gasteiger partial charge in [-0.3, -0.25) is 14.4 Å². The van der Waals surface area contributed by atoms with Crippen LogP contribution < -0.4 is 10.2 Å². The van der Waals surface area contributed by atoms with Crippen molar-refractivity contribution in [3.05, 3.63) is 23.5 Å². The van der Waals surface area contributed by atoms with Crippen molar-refractivity contribution in [2.24, 2.45) is 28.1 Å². The average molecular weight is 795 g/mol. The molecule has 2 bridgehead atoms. The van der Waals surface area contributed by atoms with Crippen molar-refractivity contribution < 1.29 is 50.9 Å². The van der Waals surface area contributed by atoms with Gasteiger partial charge in [0.25, 0.3) is 0 Å². The van der Waals surface area contributed by atoms with E-state index in [1.807, 2.05) is 11.8 Å². The summed E-state index contributed by atoms with van der Waals surface area (Å²) in [6.07, 6.45) is 1.32. The Hall–Kier alpha value is -3.08. The van der Waals surface area contributed by atoms with Gasteiger partial charge in [-0.25, -0.2) is 9.37 Å². The molecule has 4 aliphatic heterocycles. The van der Waals surface area contributed by atoms with Crippen molar-refractivity contribution in [1.82, 2.24) is 15.2 Å². The van der Waals surface area contributed by atoms with Crippen LogP contribution in [-0.2, 0) is 33.3 Å². The van der Waals surface area contributed by atoms with E-state index < -0.39 is 58.8 Å². The summed E-state index contributed by atoms with van der Waals surface area (Å²) in [5, 5.41) is 3.20. The molecule has 0 radical (unpaired) electrons. The zero-order valence-corrected chi connectivity index (χ0v) is 32.2. The molecule has 1 N–H and O–H groups in total. The Labute approximate surface area is 321 Å². The highest BCUT2D eigenvalue weighted by Crippen LogP contribution is 2.60. The normalized spacial score (nSPS) is 30.6. The molecule has 2 unspecified atom stereocenters. The molecule has 55 heavy (non-hydrogen) atoms. The summed E-state index contributed by atoms with van der Waals surface area (Å²) in [5.74, 6) is -3.29. The molecular weight excluding hydrogens is 745 g/mol. The lowest BCUT2D eigenvalue weighted by Crippen LogP contribution is -2.66. The number of aromatic nitrogens is 1. The highest BCUT2D eigenvalue weighted by molar-refractivity contribution is 7.17. The van der Waals surface area contributed by atoms with Crippen molar-refractivity contribution in [1.29, 1.82) is 0 Å². The van der Waals surface area contributed by atoms with Crippen LogP contribution in [0.1, 0.15) is 71.1 Å². The highest BCUT2D eigenvalue weighted by atomic mass is 32.1. The first kappa shape index (κ1) is 38.8. The summed E-state index contributed by atoms with van der Waals surface area (Å²) in [4.78, 5) is 48.1. The first-order valence-electron chi connectivity index (χ1n) is 19.6. The van der Waals surface area contributed by atoms with E-state index in [0.29, 0.717) is 43.4 Å². The zero-order chi connectivity index (χ0) is 38.8. The van der Waals surface area contributed by atoms with Gasteiger partial charge in [0, 0.05) is 43.1 Å². The molecule has 9 rings (SSSR count). The van der Waals surface area contributed by atoms with Gasteiger partial charge in [-0.1, -0.05) is 12.8 Å². The van der Waals surface area contributed by atoms with E-state index in [9.17, 15) is 31.9 Å². The quantitative estimate of drug-likeness (QED) is 0.215. The molecule has 16 heteroatoms. The molecule has 2 amide bonds. The number of methoxy groups -OCH3 is 1. The topological polar surface area (TPSA) is 120 Å². The third kappa shape index (κ3) is 7.22. The average Bonchev–Trinajstić information content (AvgIpc) is 3.71. The monoisotopic (exact) mass is 794 g/mol. The highest BCUT2D eigenvalue weighted by Gasteiger charge is 2.71. The number of rotatable bonds is 12. The fraction of sp³-hybridized carbons (Fsp3) is 0.744. The van der Waals surface area contributed by atoms with Gasteiger partial charge in [-0.2, -0.15) is 13.2 Å². The Morgan fingerprint density at radius 1 is 1.07 bits per heavy atom. The van der Waals surface area contributed by atoms with Crippen LogP contribution >= 0.6 is 11.3 Å². The standard InChI is InChI=1S/C39H50F4N4O7S/c1-23(53-20-36-9-7-25(8-10-36)54-21-36)29(16-52-31-6-4-3-5-26(31)34(49)51-2)45-33(48)27-15-46(30-14-24(40)13-28-32(30)55-22-44-28)17-37(27)18-47(19-37)35(50)38(11-12-38)39(41,42)43/h13-14,22-23,25-27,29,31H,3-12,15-21H2,1-2H3,(H,45,48)/t23-,25?,26?,27+,29-,31?,36?/m1/s1. The number of anilines is 1. The number of amides is 2. The summed E-state index contributed by atoms with van der Waals surface area (Å²) in [7, 11) is 1.36. The Kier molecular flexibility index (Phi) is 10.4. The van der Waals surface area contributed by atoms with Crippen LogP contribution in [0.2, 0.25) is 0 Å². The van der Waals surface area contributed by atoms with Crippen LogP contribution in [-0.4, -0.2) is 111 Å². The molecular formula is C39H50F4N4O7S. The number of fused-ring (bicyclic) bond motifs is 4. The van der Waals surface area contributed by atoms with Crippen LogP contribution in [0.5, 0.6) is 0 Å². The number of esters is 1. The van der Waals surface area contributed by atoms with Crippen LogP contribution in [0.15, 0.2) is 17.6 Å². The second-order valence-corrected chi connectivity index (χ2v) is 17.9. The molecule has 1 aromatic heterocycles. The Morgan fingerprint density at radius 3 is 2.49 bits per heavy atom. The minimum Gasteiger partial charge on any atom is -0.469 e. The fourth-order valence-electron chi connectivity index (χ4n) is 9.83. The van der Waals surface area contributed by atoms with Gasteiger partial charge < -0.3 is 34.1 Å². The summed E-state index contributed by atoms with van der Waals surface area (Å²) in [6.45, 7) is 3.36. The number of thiazole rings is 1. The van der Waals surface area contributed by atoms with Crippen LogP contribution in [0, 0.1) is 33.9 Å². The molecule has 4 saturated heterocycles. The molecule has 3 aliphatic carbocycles. The summed E-state index contributed by atoms with van der Waals surface area (Å²) < 4.78 is 81.7. The SMILES string of the molecule is COC(=O)C1CCCCC1OC[C@@H](NC(=O)[C@@H]1CN(c2cc(F)cc3ncsc23)CC12CN(C(=O)C1(C(F)(F)F)CC1)C2)[C@@H](C)OCC12CCC(CC1)OC2. The predicted octanol–water partition coefficient (Wildman–Crippen LogP) is 5.64. The van der Waals surface area contributed by atoms with E-state index in [1.54, 1.807) is 5.51 Å². The molecule has 7 fully saturated rings. The number of alkyl halides is 3. The minimum atomic E-state index is -4.65. The third-order valence-corrected chi connectivity index (χ3v) is 14.4. The predicted molar refractivity (Wildman–Crippen MR) is 194 cm³/mol. The number of carbonyl (C=O) groups is 3. The molecule has 7 aliphatic rings. The van der Waals surface area contributed by atoms with Crippen LogP contribution in [0.4, 0.5) is 23.2 Å². The van der Waals surface area contributed by atoms with E-state index in [2.05, 4.69) is 10.3 Å². The van der Waals surface area contributed by atoms with Gasteiger partial charge in [0.2, 0.25) is 11.8 Å². The third-order valence-electron chi connectivity index (χ3n) is 13.5. The van der Waals surface area contributed by atoms with Crippen LogP contribution in [0.3, 0.4) is 0 Å². The number of halogens is 4. The molecule has 5 heterocycles. The lowest BCUT2D eigenvalue weighted by molar-refractivity contribution is -0.205. The van der Waals surface area contributed by atoms with E-state index in [1.165, 1.54) is 35.5 Å².